The molecule has 0 amide bonds. The summed E-state index contributed by atoms with van der Waals surface area (Å²) < 4.78 is 11.5. The third-order valence-electron chi connectivity index (χ3n) is 3.86. The SMILES string of the molecule is CCOc1ccc(N=Cc2c(C)c(C#N)c(=O)n(CCOC)c2O)cc1. The fourth-order valence-corrected chi connectivity index (χ4v) is 2.45. The van der Waals surface area contributed by atoms with E-state index in [0.29, 0.717) is 23.4 Å². The van der Waals surface area contributed by atoms with Crippen LogP contribution in [-0.2, 0) is 11.3 Å². The van der Waals surface area contributed by atoms with Gasteiger partial charge in [-0.05, 0) is 43.7 Å². The Morgan fingerprint density at radius 3 is 2.62 bits per heavy atom. The van der Waals surface area contributed by atoms with E-state index >= 15 is 0 Å². The number of ether oxygens (including phenoxy) is 2. The van der Waals surface area contributed by atoms with E-state index in [9.17, 15) is 15.2 Å². The highest BCUT2D eigenvalue weighted by atomic mass is 16.5. The van der Waals surface area contributed by atoms with Crippen LogP contribution in [0.15, 0.2) is 34.1 Å². The lowest BCUT2D eigenvalue weighted by Crippen LogP contribution is -2.26. The molecule has 0 aliphatic heterocycles. The Morgan fingerprint density at radius 2 is 2.04 bits per heavy atom. The zero-order valence-electron chi connectivity index (χ0n) is 15.0. The van der Waals surface area contributed by atoms with Crippen molar-refractivity contribution in [3.8, 4) is 17.7 Å². The molecule has 0 aliphatic rings. The molecule has 0 spiro atoms. The number of hydrogen-bond donors (Lipinski definition) is 1. The molecule has 1 aromatic carbocycles. The standard InChI is InChI=1S/C19H21N3O4/c1-4-26-15-7-5-14(6-8-15)21-12-17-13(2)16(11-20)18(23)22(19(17)24)9-10-25-3/h5-8,12,24H,4,9-10H2,1-3H3. The maximum absolute atomic E-state index is 12.3. The third-order valence-corrected chi connectivity index (χ3v) is 3.86. The first-order valence-corrected chi connectivity index (χ1v) is 8.15. The fourth-order valence-electron chi connectivity index (χ4n) is 2.45. The monoisotopic (exact) mass is 355 g/mol. The first kappa shape index (κ1) is 19.2. The Morgan fingerprint density at radius 1 is 1.35 bits per heavy atom. The summed E-state index contributed by atoms with van der Waals surface area (Å²) in [6.07, 6.45) is 1.45. The van der Waals surface area contributed by atoms with E-state index in [1.807, 2.05) is 13.0 Å². The molecule has 1 aromatic heterocycles. The molecule has 0 saturated heterocycles. The number of aromatic nitrogens is 1. The van der Waals surface area contributed by atoms with Gasteiger partial charge in [0.1, 0.15) is 17.4 Å². The minimum absolute atomic E-state index is 0.0213. The second-order valence-electron chi connectivity index (χ2n) is 5.48. The quantitative estimate of drug-likeness (QED) is 0.770. The van der Waals surface area contributed by atoms with Crippen molar-refractivity contribution in [3.63, 3.8) is 0 Å². The maximum atomic E-state index is 12.3. The average Bonchev–Trinajstić information content (AvgIpc) is 2.63. The van der Waals surface area contributed by atoms with Gasteiger partial charge in [0.15, 0.2) is 0 Å². The Bertz CT molecular complexity index is 893. The van der Waals surface area contributed by atoms with E-state index in [0.717, 1.165) is 10.3 Å². The smallest absolute Gasteiger partial charge is 0.271 e. The van der Waals surface area contributed by atoms with Crippen LogP contribution in [0.1, 0.15) is 23.6 Å². The lowest BCUT2D eigenvalue weighted by Gasteiger charge is -2.13. The number of methoxy groups -OCH3 is 1. The molecule has 1 N–H and O–H groups in total. The summed E-state index contributed by atoms with van der Waals surface area (Å²) in [4.78, 5) is 16.7. The van der Waals surface area contributed by atoms with Gasteiger partial charge in [-0.25, -0.2) is 0 Å². The van der Waals surface area contributed by atoms with Crippen molar-refractivity contribution in [2.45, 2.75) is 20.4 Å². The van der Waals surface area contributed by atoms with Crippen LogP contribution < -0.4 is 10.3 Å². The summed E-state index contributed by atoms with van der Waals surface area (Å²) >= 11 is 0. The predicted octanol–water partition coefficient (Wildman–Crippen LogP) is 2.53. The molecule has 0 radical (unpaired) electrons. The summed E-state index contributed by atoms with van der Waals surface area (Å²) in [7, 11) is 1.50. The first-order chi connectivity index (χ1) is 12.5. The molecule has 0 unspecified atom stereocenters. The van der Waals surface area contributed by atoms with Gasteiger partial charge in [0.25, 0.3) is 5.56 Å². The van der Waals surface area contributed by atoms with Gasteiger partial charge in [-0.1, -0.05) is 0 Å². The minimum atomic E-state index is -0.544. The van der Waals surface area contributed by atoms with Crippen LogP contribution in [0, 0.1) is 18.3 Å². The van der Waals surface area contributed by atoms with Crippen LogP contribution in [0.4, 0.5) is 5.69 Å². The molecule has 0 fully saturated rings. The van der Waals surface area contributed by atoms with E-state index in [1.165, 1.54) is 13.3 Å². The molecule has 1 heterocycles. The van der Waals surface area contributed by atoms with Gasteiger partial charge in [0.2, 0.25) is 5.88 Å². The van der Waals surface area contributed by atoms with Gasteiger partial charge in [0, 0.05) is 13.3 Å². The van der Waals surface area contributed by atoms with E-state index in [1.54, 1.807) is 31.2 Å². The highest BCUT2D eigenvalue weighted by Gasteiger charge is 2.17. The summed E-state index contributed by atoms with van der Waals surface area (Å²) in [6, 6.07) is 9.05. The van der Waals surface area contributed by atoms with Crippen molar-refractivity contribution in [1.29, 1.82) is 5.26 Å². The normalized spacial score (nSPS) is 10.8. The molecule has 0 saturated carbocycles. The second kappa shape index (κ2) is 8.83. The summed E-state index contributed by atoms with van der Waals surface area (Å²) in [6.45, 7) is 4.47. The average molecular weight is 355 g/mol. The van der Waals surface area contributed by atoms with Crippen molar-refractivity contribution in [3.05, 3.63) is 51.3 Å². The molecular formula is C19H21N3O4. The van der Waals surface area contributed by atoms with Crippen LogP contribution in [0.25, 0.3) is 0 Å². The zero-order chi connectivity index (χ0) is 19.1. The number of aromatic hydroxyl groups is 1. The molecule has 7 heteroatoms. The van der Waals surface area contributed by atoms with Crippen LogP contribution in [-0.4, -0.2) is 36.2 Å². The fraction of sp³-hybridized carbons (Fsp3) is 0.316. The van der Waals surface area contributed by atoms with Crippen LogP contribution in [0.2, 0.25) is 0 Å². The topological polar surface area (TPSA) is 96.8 Å². The summed E-state index contributed by atoms with van der Waals surface area (Å²) in [5, 5.41) is 19.8. The maximum Gasteiger partial charge on any atom is 0.271 e. The van der Waals surface area contributed by atoms with Gasteiger partial charge >= 0.3 is 0 Å². The number of nitriles is 1. The molecule has 136 valence electrons. The van der Waals surface area contributed by atoms with Crippen molar-refractivity contribution in [2.75, 3.05) is 20.3 Å². The minimum Gasteiger partial charge on any atom is -0.494 e. The van der Waals surface area contributed by atoms with Crippen LogP contribution in [0.5, 0.6) is 11.6 Å². The molecule has 0 bridgehead atoms. The molecule has 7 nitrogen and oxygen atoms in total. The van der Waals surface area contributed by atoms with Gasteiger partial charge in [-0.3, -0.25) is 14.4 Å². The second-order valence-corrected chi connectivity index (χ2v) is 5.48. The van der Waals surface area contributed by atoms with Crippen LogP contribution >= 0.6 is 0 Å². The lowest BCUT2D eigenvalue weighted by molar-refractivity contribution is 0.182. The number of nitrogens with zero attached hydrogens (tertiary/aromatic N) is 3. The largest absolute Gasteiger partial charge is 0.494 e. The van der Waals surface area contributed by atoms with Crippen LogP contribution in [0.3, 0.4) is 0 Å². The molecule has 0 atom stereocenters. The number of rotatable bonds is 7. The van der Waals surface area contributed by atoms with Crippen molar-refractivity contribution >= 4 is 11.9 Å². The lowest BCUT2D eigenvalue weighted by atomic mass is 10.1. The third kappa shape index (κ3) is 4.10. The zero-order valence-corrected chi connectivity index (χ0v) is 15.0. The van der Waals surface area contributed by atoms with E-state index < -0.39 is 5.56 Å². The van der Waals surface area contributed by atoms with E-state index in [2.05, 4.69) is 4.99 Å². The van der Waals surface area contributed by atoms with Gasteiger partial charge in [0.05, 0.1) is 31.0 Å². The predicted molar refractivity (Wildman–Crippen MR) is 98.6 cm³/mol. The Labute approximate surface area is 151 Å². The number of benzene rings is 1. The Hall–Kier alpha value is -3.11. The highest BCUT2D eigenvalue weighted by molar-refractivity contribution is 5.87. The van der Waals surface area contributed by atoms with Crippen molar-refractivity contribution in [1.82, 2.24) is 4.57 Å². The van der Waals surface area contributed by atoms with E-state index in [-0.39, 0.29) is 24.6 Å². The molecule has 2 aromatic rings. The Balaban J connectivity index is 2.44. The first-order valence-electron chi connectivity index (χ1n) is 8.15. The summed E-state index contributed by atoms with van der Waals surface area (Å²) in [5.41, 5.74) is 0.801. The molecule has 26 heavy (non-hydrogen) atoms. The van der Waals surface area contributed by atoms with Gasteiger partial charge in [-0.2, -0.15) is 5.26 Å². The number of aliphatic imine (C=N–C) groups is 1. The molecule has 2 rings (SSSR count). The Kier molecular flexibility index (Phi) is 6.53. The van der Waals surface area contributed by atoms with Crippen molar-refractivity contribution in [2.24, 2.45) is 4.99 Å². The van der Waals surface area contributed by atoms with E-state index in [4.69, 9.17) is 9.47 Å². The molecular weight excluding hydrogens is 334 g/mol. The number of hydrogen-bond acceptors (Lipinski definition) is 6. The van der Waals surface area contributed by atoms with Gasteiger partial charge < -0.3 is 14.6 Å². The van der Waals surface area contributed by atoms with Crippen molar-refractivity contribution < 1.29 is 14.6 Å². The highest BCUT2D eigenvalue weighted by Crippen LogP contribution is 2.22. The molecule has 0 aliphatic carbocycles. The number of pyridine rings is 1. The summed E-state index contributed by atoms with van der Waals surface area (Å²) in [5.74, 6) is 0.503. The van der Waals surface area contributed by atoms with Gasteiger partial charge in [-0.15, -0.1) is 0 Å².